The average Bonchev–Trinajstić information content (AvgIpc) is 2.38. The number of aliphatic hydroxyl groups is 1. The molecule has 1 aromatic rings. The van der Waals surface area contributed by atoms with E-state index in [2.05, 4.69) is 34.1 Å². The molecular formula is C15H20BrNO2. The molecule has 0 aliphatic rings. The van der Waals surface area contributed by atoms with Crippen LogP contribution in [-0.2, 0) is 6.54 Å². The van der Waals surface area contributed by atoms with Crippen molar-refractivity contribution in [2.75, 3.05) is 13.2 Å². The van der Waals surface area contributed by atoms with Crippen LogP contribution >= 0.6 is 15.9 Å². The second kappa shape index (κ2) is 8.98. The van der Waals surface area contributed by atoms with E-state index in [1.165, 1.54) is 0 Å². The lowest BCUT2D eigenvalue weighted by Gasteiger charge is -2.13. The van der Waals surface area contributed by atoms with E-state index in [9.17, 15) is 5.11 Å². The van der Waals surface area contributed by atoms with E-state index >= 15 is 0 Å². The minimum Gasteiger partial charge on any atom is -0.481 e. The zero-order chi connectivity index (χ0) is 14.1. The Labute approximate surface area is 123 Å². The first-order valence-electron chi connectivity index (χ1n) is 6.40. The van der Waals surface area contributed by atoms with Gasteiger partial charge in [0.05, 0.1) is 6.10 Å². The molecule has 0 saturated carbocycles. The maximum absolute atomic E-state index is 9.66. The van der Waals surface area contributed by atoms with Gasteiger partial charge in [0.15, 0.2) is 0 Å². The average molecular weight is 326 g/mol. The smallest absolute Gasteiger partial charge is 0.148 e. The minimum absolute atomic E-state index is 0.257. The number of hydrogen-bond donors (Lipinski definition) is 2. The van der Waals surface area contributed by atoms with Crippen molar-refractivity contribution in [3.63, 3.8) is 0 Å². The van der Waals surface area contributed by atoms with Gasteiger partial charge in [-0.15, -0.1) is 6.42 Å². The van der Waals surface area contributed by atoms with Crippen LogP contribution in [-0.4, -0.2) is 24.4 Å². The van der Waals surface area contributed by atoms with Gasteiger partial charge in [0.25, 0.3) is 0 Å². The Kier molecular flexibility index (Phi) is 7.57. The highest BCUT2D eigenvalue weighted by Gasteiger charge is 2.06. The van der Waals surface area contributed by atoms with Crippen molar-refractivity contribution in [3.05, 3.63) is 28.2 Å². The second-order valence-electron chi connectivity index (χ2n) is 4.32. The normalized spacial score (nSPS) is 11.9. The van der Waals surface area contributed by atoms with Crippen molar-refractivity contribution < 1.29 is 9.84 Å². The Bertz CT molecular complexity index is 429. The summed E-state index contributed by atoms with van der Waals surface area (Å²) in [6, 6.07) is 5.80. The molecule has 0 radical (unpaired) electrons. The first kappa shape index (κ1) is 16.0. The molecule has 0 heterocycles. The molecule has 1 unspecified atom stereocenters. The quantitative estimate of drug-likeness (QED) is 0.722. The monoisotopic (exact) mass is 325 g/mol. The Balaban J connectivity index is 2.55. The van der Waals surface area contributed by atoms with Crippen molar-refractivity contribution in [3.8, 4) is 18.1 Å². The van der Waals surface area contributed by atoms with E-state index in [0.717, 1.165) is 28.6 Å². The van der Waals surface area contributed by atoms with Crippen LogP contribution in [0.1, 0.15) is 25.3 Å². The Morgan fingerprint density at radius 1 is 1.53 bits per heavy atom. The molecule has 19 heavy (non-hydrogen) atoms. The Morgan fingerprint density at radius 3 is 3.00 bits per heavy atom. The van der Waals surface area contributed by atoms with E-state index in [1.807, 2.05) is 18.2 Å². The molecule has 0 amide bonds. The SMILES string of the molecule is C#CCOc1ccc(Br)cc1CNCC(O)CCC. The van der Waals surface area contributed by atoms with Gasteiger partial charge in [0.1, 0.15) is 12.4 Å². The van der Waals surface area contributed by atoms with Crippen LogP contribution in [0, 0.1) is 12.3 Å². The molecule has 2 N–H and O–H groups in total. The van der Waals surface area contributed by atoms with Crippen LogP contribution < -0.4 is 10.1 Å². The molecule has 1 atom stereocenters. The topological polar surface area (TPSA) is 41.5 Å². The number of halogens is 1. The summed E-state index contributed by atoms with van der Waals surface area (Å²) in [6.45, 7) is 3.53. The lowest BCUT2D eigenvalue weighted by Crippen LogP contribution is -2.26. The number of benzene rings is 1. The van der Waals surface area contributed by atoms with Crippen molar-refractivity contribution in [2.24, 2.45) is 0 Å². The summed E-state index contributed by atoms with van der Waals surface area (Å²) >= 11 is 3.44. The van der Waals surface area contributed by atoms with Gasteiger partial charge in [-0.25, -0.2) is 0 Å². The van der Waals surface area contributed by atoms with Gasteiger partial charge in [-0.05, 0) is 24.6 Å². The van der Waals surface area contributed by atoms with Crippen molar-refractivity contribution >= 4 is 15.9 Å². The van der Waals surface area contributed by atoms with Crippen LogP contribution in [0.3, 0.4) is 0 Å². The maximum atomic E-state index is 9.66. The van der Waals surface area contributed by atoms with Gasteiger partial charge in [0, 0.05) is 23.1 Å². The molecule has 0 fully saturated rings. The van der Waals surface area contributed by atoms with Gasteiger partial charge < -0.3 is 15.2 Å². The van der Waals surface area contributed by atoms with E-state index in [1.54, 1.807) is 0 Å². The molecule has 104 valence electrons. The van der Waals surface area contributed by atoms with Crippen LogP contribution in [0.25, 0.3) is 0 Å². The van der Waals surface area contributed by atoms with Crippen molar-refractivity contribution in [1.82, 2.24) is 5.32 Å². The molecule has 0 saturated heterocycles. The largest absolute Gasteiger partial charge is 0.481 e. The van der Waals surface area contributed by atoms with Gasteiger partial charge in [-0.3, -0.25) is 0 Å². The van der Waals surface area contributed by atoms with Gasteiger partial charge in [0.2, 0.25) is 0 Å². The number of aliphatic hydroxyl groups excluding tert-OH is 1. The van der Waals surface area contributed by atoms with Crippen molar-refractivity contribution in [1.29, 1.82) is 0 Å². The summed E-state index contributed by atoms with van der Waals surface area (Å²) in [4.78, 5) is 0. The molecule has 4 heteroatoms. The van der Waals surface area contributed by atoms with E-state index in [-0.39, 0.29) is 12.7 Å². The first-order chi connectivity index (χ1) is 9.17. The lowest BCUT2D eigenvalue weighted by atomic mass is 10.2. The fourth-order valence-electron chi connectivity index (χ4n) is 1.76. The molecule has 0 spiro atoms. The maximum Gasteiger partial charge on any atom is 0.148 e. The number of hydrogen-bond acceptors (Lipinski definition) is 3. The summed E-state index contributed by atoms with van der Waals surface area (Å²) < 4.78 is 6.48. The first-order valence-corrected chi connectivity index (χ1v) is 7.20. The third-order valence-electron chi connectivity index (χ3n) is 2.65. The Hall–Kier alpha value is -1.02. The fraction of sp³-hybridized carbons (Fsp3) is 0.467. The summed E-state index contributed by atoms with van der Waals surface area (Å²) in [5.41, 5.74) is 1.02. The van der Waals surface area contributed by atoms with E-state index in [4.69, 9.17) is 11.2 Å². The minimum atomic E-state index is -0.299. The van der Waals surface area contributed by atoms with Gasteiger partial charge in [-0.2, -0.15) is 0 Å². The number of rotatable bonds is 8. The third-order valence-corrected chi connectivity index (χ3v) is 3.14. The molecule has 0 aromatic heterocycles. The lowest BCUT2D eigenvalue weighted by molar-refractivity contribution is 0.160. The molecular weight excluding hydrogens is 306 g/mol. The standard InChI is InChI=1S/C15H20BrNO2/c1-3-5-14(18)11-17-10-12-9-13(16)6-7-15(12)19-8-4-2/h2,6-7,9,14,17-18H,3,5,8,10-11H2,1H3. The third kappa shape index (κ3) is 6.11. The van der Waals surface area contributed by atoms with Crippen LogP contribution in [0.4, 0.5) is 0 Å². The summed E-state index contributed by atoms with van der Waals surface area (Å²) in [7, 11) is 0. The second-order valence-corrected chi connectivity index (χ2v) is 5.23. The zero-order valence-corrected chi connectivity index (χ0v) is 12.7. The fourth-order valence-corrected chi connectivity index (χ4v) is 2.16. The van der Waals surface area contributed by atoms with Crippen LogP contribution in [0.5, 0.6) is 5.75 Å². The van der Waals surface area contributed by atoms with Crippen LogP contribution in [0.2, 0.25) is 0 Å². The number of nitrogens with one attached hydrogen (secondary N) is 1. The highest BCUT2D eigenvalue weighted by molar-refractivity contribution is 9.10. The number of terminal acetylenes is 1. The van der Waals surface area contributed by atoms with Gasteiger partial charge in [-0.1, -0.05) is 35.2 Å². The van der Waals surface area contributed by atoms with Gasteiger partial charge >= 0.3 is 0 Å². The zero-order valence-electron chi connectivity index (χ0n) is 11.2. The molecule has 1 aromatic carbocycles. The Morgan fingerprint density at radius 2 is 2.32 bits per heavy atom. The highest BCUT2D eigenvalue weighted by atomic mass is 79.9. The molecule has 3 nitrogen and oxygen atoms in total. The predicted octanol–water partition coefficient (Wildman–Crippen LogP) is 2.71. The molecule has 0 aliphatic heterocycles. The van der Waals surface area contributed by atoms with E-state index < -0.39 is 0 Å². The van der Waals surface area contributed by atoms with Crippen molar-refractivity contribution in [2.45, 2.75) is 32.4 Å². The van der Waals surface area contributed by atoms with E-state index in [0.29, 0.717) is 13.1 Å². The summed E-state index contributed by atoms with van der Waals surface area (Å²) in [6.07, 6.45) is 6.69. The molecule has 1 rings (SSSR count). The summed E-state index contributed by atoms with van der Waals surface area (Å²) in [5, 5.41) is 12.9. The predicted molar refractivity (Wildman–Crippen MR) is 81.1 cm³/mol. The highest BCUT2D eigenvalue weighted by Crippen LogP contribution is 2.23. The summed E-state index contributed by atoms with van der Waals surface area (Å²) in [5.74, 6) is 3.23. The number of ether oxygens (including phenoxy) is 1. The van der Waals surface area contributed by atoms with Crippen LogP contribution in [0.15, 0.2) is 22.7 Å². The molecule has 0 aliphatic carbocycles. The molecule has 0 bridgehead atoms.